The van der Waals surface area contributed by atoms with Gasteiger partial charge in [-0.15, -0.1) is 0 Å². The van der Waals surface area contributed by atoms with Crippen molar-refractivity contribution in [1.82, 2.24) is 5.32 Å². The molecule has 0 aliphatic heterocycles. The van der Waals surface area contributed by atoms with Crippen LogP contribution in [0.1, 0.15) is 58.8 Å². The predicted octanol–water partition coefficient (Wildman–Crippen LogP) is 3.59. The molecular weight excluding hydrogens is 278 g/mol. The van der Waals surface area contributed by atoms with Crippen molar-refractivity contribution in [3.8, 4) is 0 Å². The first-order chi connectivity index (χ1) is 10.0. The molecule has 0 aromatic rings. The first-order valence-corrected chi connectivity index (χ1v) is 10.5. The van der Waals surface area contributed by atoms with Crippen molar-refractivity contribution in [3.05, 3.63) is 0 Å². The van der Waals surface area contributed by atoms with E-state index in [9.17, 15) is 4.21 Å². The van der Waals surface area contributed by atoms with Crippen LogP contribution in [0.4, 0.5) is 0 Å². The lowest BCUT2D eigenvalue weighted by atomic mass is 9.48. The summed E-state index contributed by atoms with van der Waals surface area (Å²) in [6.45, 7) is 4.46. The van der Waals surface area contributed by atoms with Crippen molar-refractivity contribution < 1.29 is 4.21 Å². The number of nitrogens with one attached hydrogen (secondary N) is 1. The van der Waals surface area contributed by atoms with E-state index < -0.39 is 10.8 Å². The summed E-state index contributed by atoms with van der Waals surface area (Å²) >= 11 is 0. The molecule has 21 heavy (non-hydrogen) atoms. The van der Waals surface area contributed by atoms with Crippen LogP contribution in [0.2, 0.25) is 0 Å². The van der Waals surface area contributed by atoms with Crippen molar-refractivity contribution in [2.45, 2.75) is 64.8 Å². The topological polar surface area (TPSA) is 29.1 Å². The quantitative estimate of drug-likeness (QED) is 0.778. The summed E-state index contributed by atoms with van der Waals surface area (Å²) in [7, 11) is 1.45. The van der Waals surface area contributed by atoms with Crippen molar-refractivity contribution in [3.63, 3.8) is 0 Å². The minimum atomic E-state index is -0.646. The number of hydrogen-bond acceptors (Lipinski definition) is 2. The van der Waals surface area contributed by atoms with Crippen LogP contribution >= 0.6 is 0 Å². The van der Waals surface area contributed by atoms with Crippen LogP contribution in [0.15, 0.2) is 0 Å². The molecule has 2 unspecified atom stereocenters. The highest BCUT2D eigenvalue weighted by Crippen LogP contribution is 2.61. The number of hydrogen-bond donors (Lipinski definition) is 1. The van der Waals surface area contributed by atoms with Crippen LogP contribution in [0.3, 0.4) is 0 Å². The van der Waals surface area contributed by atoms with E-state index in [1.807, 2.05) is 0 Å². The largest absolute Gasteiger partial charge is 0.316 e. The van der Waals surface area contributed by atoms with E-state index >= 15 is 0 Å². The third-order valence-corrected chi connectivity index (χ3v) is 7.84. The van der Waals surface area contributed by atoms with Gasteiger partial charge in [0.1, 0.15) is 0 Å². The van der Waals surface area contributed by atoms with Gasteiger partial charge in [-0.05, 0) is 81.1 Å². The minimum absolute atomic E-state index is 0.483. The molecule has 0 spiro atoms. The summed E-state index contributed by atoms with van der Waals surface area (Å²) in [6.07, 6.45) is 9.80. The molecule has 4 bridgehead atoms. The second-order valence-corrected chi connectivity index (χ2v) is 10.2. The average molecular weight is 312 g/mol. The monoisotopic (exact) mass is 311 g/mol. The van der Waals surface area contributed by atoms with E-state index in [2.05, 4.69) is 26.2 Å². The molecule has 4 saturated carbocycles. The normalized spacial score (nSPS) is 40.7. The highest BCUT2D eigenvalue weighted by molar-refractivity contribution is 7.85. The Morgan fingerprint density at radius 1 is 1.10 bits per heavy atom. The Morgan fingerprint density at radius 3 is 2.05 bits per heavy atom. The summed E-state index contributed by atoms with van der Waals surface area (Å²) in [5.41, 5.74) is 0.483. The van der Waals surface area contributed by atoms with Gasteiger partial charge in [0, 0.05) is 28.3 Å². The van der Waals surface area contributed by atoms with Crippen LogP contribution in [0.25, 0.3) is 0 Å². The Hall–Kier alpha value is 0.110. The summed E-state index contributed by atoms with van der Waals surface area (Å²) < 4.78 is 12.5. The molecular formula is C18H33NOS. The fraction of sp³-hybridized carbons (Fsp3) is 1.00. The van der Waals surface area contributed by atoms with Gasteiger partial charge in [-0.2, -0.15) is 0 Å². The van der Waals surface area contributed by atoms with Crippen molar-refractivity contribution in [2.75, 3.05) is 18.6 Å². The second kappa shape index (κ2) is 6.31. The third-order valence-electron chi connectivity index (χ3n) is 6.45. The molecule has 122 valence electrons. The SMILES string of the molecule is CNC(CS(=O)CCC(C)C)C12CC3CC(CC(C3)C1)C2. The van der Waals surface area contributed by atoms with Crippen LogP contribution < -0.4 is 5.32 Å². The van der Waals surface area contributed by atoms with Gasteiger partial charge in [0.05, 0.1) is 0 Å². The molecule has 4 aliphatic carbocycles. The highest BCUT2D eigenvalue weighted by Gasteiger charge is 2.53. The molecule has 4 aliphatic rings. The van der Waals surface area contributed by atoms with Crippen molar-refractivity contribution >= 4 is 10.8 Å². The summed E-state index contributed by atoms with van der Waals surface area (Å²) in [4.78, 5) is 0. The zero-order chi connectivity index (χ0) is 15.0. The Kier molecular flexibility index (Phi) is 4.80. The van der Waals surface area contributed by atoms with Gasteiger partial charge in [0.2, 0.25) is 0 Å². The van der Waals surface area contributed by atoms with Crippen LogP contribution in [0, 0.1) is 29.1 Å². The third kappa shape index (κ3) is 3.39. The maximum atomic E-state index is 12.5. The fourth-order valence-electron chi connectivity index (χ4n) is 5.81. The first kappa shape index (κ1) is 16.0. The summed E-state index contributed by atoms with van der Waals surface area (Å²) in [5, 5.41) is 3.58. The lowest BCUT2D eigenvalue weighted by Crippen LogP contribution is -2.57. The molecule has 1 N–H and O–H groups in total. The van der Waals surface area contributed by atoms with E-state index in [0.717, 1.165) is 35.7 Å². The molecule has 2 atom stereocenters. The predicted molar refractivity (Wildman–Crippen MR) is 90.8 cm³/mol. The van der Waals surface area contributed by atoms with Gasteiger partial charge in [-0.3, -0.25) is 4.21 Å². The first-order valence-electron chi connectivity index (χ1n) is 9.03. The van der Waals surface area contributed by atoms with Gasteiger partial charge >= 0.3 is 0 Å². The summed E-state index contributed by atoms with van der Waals surface area (Å²) in [6, 6.07) is 0.485. The molecule has 0 aromatic heterocycles. The smallest absolute Gasteiger partial charge is 0.0394 e. The van der Waals surface area contributed by atoms with Crippen LogP contribution in [0.5, 0.6) is 0 Å². The van der Waals surface area contributed by atoms with Crippen molar-refractivity contribution in [2.24, 2.45) is 29.1 Å². The molecule has 3 heteroatoms. The van der Waals surface area contributed by atoms with E-state index in [4.69, 9.17) is 0 Å². The van der Waals surface area contributed by atoms with Gasteiger partial charge in [-0.1, -0.05) is 13.8 Å². The molecule has 0 saturated heterocycles. The Morgan fingerprint density at radius 2 is 1.62 bits per heavy atom. The van der Waals surface area contributed by atoms with E-state index in [1.165, 1.54) is 38.5 Å². The molecule has 2 nitrogen and oxygen atoms in total. The number of rotatable bonds is 7. The van der Waals surface area contributed by atoms with Crippen molar-refractivity contribution in [1.29, 1.82) is 0 Å². The molecule has 4 fully saturated rings. The van der Waals surface area contributed by atoms with E-state index in [0.29, 0.717) is 17.4 Å². The van der Waals surface area contributed by atoms with Gasteiger partial charge in [0.15, 0.2) is 0 Å². The second-order valence-electron chi connectivity index (χ2n) is 8.61. The lowest BCUT2D eigenvalue weighted by molar-refractivity contribution is -0.0683. The van der Waals surface area contributed by atoms with E-state index in [1.54, 1.807) is 0 Å². The average Bonchev–Trinajstić information content (AvgIpc) is 2.40. The minimum Gasteiger partial charge on any atom is -0.316 e. The standard InChI is InChI=1S/C18H33NOS/c1-13(2)4-5-21(20)12-17(19-3)18-9-14-6-15(10-18)8-16(7-14)11-18/h13-17,19H,4-12H2,1-3H3. The summed E-state index contributed by atoms with van der Waals surface area (Å²) in [5.74, 6) is 5.39. The zero-order valence-electron chi connectivity index (χ0n) is 14.1. The Balaban J connectivity index is 1.64. The molecule has 0 radical (unpaired) electrons. The maximum Gasteiger partial charge on any atom is 0.0394 e. The Labute approximate surface area is 133 Å². The van der Waals surface area contributed by atoms with E-state index in [-0.39, 0.29) is 0 Å². The zero-order valence-corrected chi connectivity index (χ0v) is 14.9. The van der Waals surface area contributed by atoms with Crippen LogP contribution in [-0.2, 0) is 10.8 Å². The van der Waals surface area contributed by atoms with Gasteiger partial charge < -0.3 is 5.32 Å². The Bertz CT molecular complexity index is 357. The van der Waals surface area contributed by atoms with Gasteiger partial charge in [0.25, 0.3) is 0 Å². The molecule has 0 amide bonds. The molecule has 0 aromatic carbocycles. The van der Waals surface area contributed by atoms with Crippen LogP contribution in [-0.4, -0.2) is 28.8 Å². The molecule has 4 rings (SSSR count). The van der Waals surface area contributed by atoms with Gasteiger partial charge in [-0.25, -0.2) is 0 Å². The fourth-order valence-corrected chi connectivity index (χ4v) is 7.60. The maximum absolute atomic E-state index is 12.5. The highest BCUT2D eigenvalue weighted by atomic mass is 32.2. The molecule has 0 heterocycles. The lowest BCUT2D eigenvalue weighted by Gasteiger charge is -2.59.